The Morgan fingerprint density at radius 3 is 2.14 bits per heavy atom. The standard InChI is InChI=1S/C16H18O4S/c1-9-7-11(3)15(18)14(8-9)21(19,20)16-10(2)5-6-13(17)12(16)4/h5-8,17-18H,1-4H3. The Bertz CT molecular complexity index is 821. The summed E-state index contributed by atoms with van der Waals surface area (Å²) in [7, 11) is -3.91. The molecule has 5 heteroatoms. The molecule has 0 amide bonds. The van der Waals surface area contributed by atoms with E-state index in [4.69, 9.17) is 0 Å². The van der Waals surface area contributed by atoms with Crippen LogP contribution in [-0.4, -0.2) is 18.6 Å². The Labute approximate surface area is 124 Å². The average Bonchev–Trinajstić information content (AvgIpc) is 2.38. The van der Waals surface area contributed by atoms with Crippen LogP contribution in [0.25, 0.3) is 0 Å². The van der Waals surface area contributed by atoms with Gasteiger partial charge in [-0.15, -0.1) is 0 Å². The molecule has 0 heterocycles. The van der Waals surface area contributed by atoms with Gasteiger partial charge in [0, 0.05) is 5.56 Å². The monoisotopic (exact) mass is 306 g/mol. The molecule has 2 aromatic rings. The number of sulfone groups is 1. The van der Waals surface area contributed by atoms with Crippen LogP contribution in [0.5, 0.6) is 11.5 Å². The maximum absolute atomic E-state index is 12.9. The summed E-state index contributed by atoms with van der Waals surface area (Å²) in [6.07, 6.45) is 0. The van der Waals surface area contributed by atoms with Crippen LogP contribution >= 0.6 is 0 Å². The normalized spacial score (nSPS) is 11.6. The molecule has 0 aliphatic carbocycles. The van der Waals surface area contributed by atoms with Crippen molar-refractivity contribution in [1.82, 2.24) is 0 Å². The first-order valence-corrected chi connectivity index (χ1v) is 7.99. The Kier molecular flexibility index (Phi) is 3.72. The summed E-state index contributed by atoms with van der Waals surface area (Å²) < 4.78 is 25.8. The number of hydrogen-bond donors (Lipinski definition) is 2. The third kappa shape index (κ3) is 2.49. The van der Waals surface area contributed by atoms with Gasteiger partial charge in [0.1, 0.15) is 16.4 Å². The van der Waals surface area contributed by atoms with Crippen molar-refractivity contribution in [1.29, 1.82) is 0 Å². The van der Waals surface area contributed by atoms with Crippen molar-refractivity contribution in [2.75, 3.05) is 0 Å². The molecule has 0 aliphatic rings. The van der Waals surface area contributed by atoms with E-state index in [2.05, 4.69) is 0 Å². The molecule has 0 saturated heterocycles. The van der Waals surface area contributed by atoms with Crippen molar-refractivity contribution >= 4 is 9.84 Å². The minimum absolute atomic E-state index is 0.0443. The van der Waals surface area contributed by atoms with Crippen molar-refractivity contribution in [2.24, 2.45) is 0 Å². The van der Waals surface area contributed by atoms with Gasteiger partial charge >= 0.3 is 0 Å². The molecule has 0 aromatic heterocycles. The number of hydrogen-bond acceptors (Lipinski definition) is 4. The van der Waals surface area contributed by atoms with Crippen molar-refractivity contribution < 1.29 is 18.6 Å². The quantitative estimate of drug-likeness (QED) is 0.893. The van der Waals surface area contributed by atoms with E-state index in [1.165, 1.54) is 12.1 Å². The molecule has 0 radical (unpaired) electrons. The van der Waals surface area contributed by atoms with Crippen LogP contribution in [0.4, 0.5) is 0 Å². The summed E-state index contributed by atoms with van der Waals surface area (Å²) in [5, 5.41) is 19.9. The maximum atomic E-state index is 12.9. The SMILES string of the molecule is Cc1cc(C)c(O)c(S(=O)(=O)c2c(C)ccc(O)c2C)c1. The fourth-order valence-corrected chi connectivity index (χ4v) is 4.44. The Hall–Kier alpha value is -2.01. The Morgan fingerprint density at radius 1 is 0.905 bits per heavy atom. The van der Waals surface area contributed by atoms with Gasteiger partial charge < -0.3 is 10.2 Å². The molecular formula is C16H18O4S. The minimum atomic E-state index is -3.91. The molecule has 112 valence electrons. The van der Waals surface area contributed by atoms with Crippen LogP contribution in [0.15, 0.2) is 34.1 Å². The molecular weight excluding hydrogens is 288 g/mol. The van der Waals surface area contributed by atoms with Gasteiger partial charge in [0.2, 0.25) is 9.84 Å². The number of phenols is 2. The topological polar surface area (TPSA) is 74.6 Å². The zero-order chi connectivity index (χ0) is 15.9. The summed E-state index contributed by atoms with van der Waals surface area (Å²) in [5.74, 6) is -0.328. The molecule has 0 unspecified atom stereocenters. The molecule has 0 bridgehead atoms. The summed E-state index contributed by atoms with van der Waals surface area (Å²) >= 11 is 0. The van der Waals surface area contributed by atoms with Crippen molar-refractivity contribution in [2.45, 2.75) is 37.5 Å². The van der Waals surface area contributed by atoms with E-state index in [-0.39, 0.29) is 26.9 Å². The maximum Gasteiger partial charge on any atom is 0.210 e. The number of aryl methyl sites for hydroxylation is 3. The summed E-state index contributed by atoms with van der Waals surface area (Å²) in [5.41, 5.74) is 2.07. The molecule has 2 aromatic carbocycles. The predicted octanol–water partition coefficient (Wildman–Crippen LogP) is 3.16. The fraction of sp³-hybridized carbons (Fsp3) is 0.250. The summed E-state index contributed by atoms with van der Waals surface area (Å²) in [6, 6.07) is 6.18. The van der Waals surface area contributed by atoms with Crippen LogP contribution in [0.2, 0.25) is 0 Å². The lowest BCUT2D eigenvalue weighted by atomic mass is 10.1. The molecule has 0 aliphatic heterocycles. The highest BCUT2D eigenvalue weighted by atomic mass is 32.2. The van der Waals surface area contributed by atoms with E-state index in [9.17, 15) is 18.6 Å². The second-order valence-electron chi connectivity index (χ2n) is 5.29. The predicted molar refractivity (Wildman–Crippen MR) is 80.6 cm³/mol. The van der Waals surface area contributed by atoms with E-state index >= 15 is 0 Å². The van der Waals surface area contributed by atoms with E-state index in [0.717, 1.165) is 5.56 Å². The lowest BCUT2D eigenvalue weighted by Gasteiger charge is -2.15. The number of phenolic OH excluding ortho intramolecular Hbond substituents is 2. The van der Waals surface area contributed by atoms with Crippen molar-refractivity contribution in [3.63, 3.8) is 0 Å². The smallest absolute Gasteiger partial charge is 0.210 e. The highest BCUT2D eigenvalue weighted by Gasteiger charge is 2.27. The van der Waals surface area contributed by atoms with E-state index in [1.807, 2.05) is 0 Å². The zero-order valence-corrected chi connectivity index (χ0v) is 13.2. The van der Waals surface area contributed by atoms with Crippen LogP contribution in [0.3, 0.4) is 0 Å². The number of benzene rings is 2. The highest BCUT2D eigenvalue weighted by molar-refractivity contribution is 7.91. The average molecular weight is 306 g/mol. The summed E-state index contributed by atoms with van der Waals surface area (Å²) in [4.78, 5) is -0.0837. The van der Waals surface area contributed by atoms with Gasteiger partial charge in [-0.2, -0.15) is 0 Å². The van der Waals surface area contributed by atoms with Crippen molar-refractivity contribution in [3.05, 3.63) is 46.5 Å². The summed E-state index contributed by atoms with van der Waals surface area (Å²) in [6.45, 7) is 6.64. The third-order valence-corrected chi connectivity index (χ3v) is 5.60. The molecule has 4 nitrogen and oxygen atoms in total. The third-order valence-electron chi connectivity index (χ3n) is 3.54. The van der Waals surface area contributed by atoms with Gasteiger partial charge in [-0.05, 0) is 56.5 Å². The van der Waals surface area contributed by atoms with Gasteiger partial charge in [0.25, 0.3) is 0 Å². The first-order valence-electron chi connectivity index (χ1n) is 6.50. The van der Waals surface area contributed by atoms with E-state index in [0.29, 0.717) is 11.1 Å². The second-order valence-corrected chi connectivity index (χ2v) is 7.14. The van der Waals surface area contributed by atoms with Crippen molar-refractivity contribution in [3.8, 4) is 11.5 Å². The first-order chi connectivity index (χ1) is 9.66. The van der Waals surface area contributed by atoms with Crippen LogP contribution in [0, 0.1) is 27.7 Å². The molecule has 2 rings (SSSR count). The van der Waals surface area contributed by atoms with Crippen LogP contribution in [0.1, 0.15) is 22.3 Å². The first kappa shape index (κ1) is 15.4. The largest absolute Gasteiger partial charge is 0.508 e. The molecule has 2 N–H and O–H groups in total. The molecule has 21 heavy (non-hydrogen) atoms. The van der Waals surface area contributed by atoms with Gasteiger partial charge in [-0.25, -0.2) is 8.42 Å². The van der Waals surface area contributed by atoms with Gasteiger partial charge in [0.05, 0.1) is 4.90 Å². The van der Waals surface area contributed by atoms with E-state index < -0.39 is 9.84 Å². The second kappa shape index (κ2) is 5.07. The fourth-order valence-electron chi connectivity index (χ4n) is 2.47. The number of rotatable bonds is 2. The number of aromatic hydroxyl groups is 2. The molecule has 0 atom stereocenters. The van der Waals surface area contributed by atoms with Crippen LogP contribution < -0.4 is 0 Å². The lowest BCUT2D eigenvalue weighted by molar-refractivity contribution is 0.453. The Balaban J connectivity index is 2.84. The Morgan fingerprint density at radius 2 is 1.52 bits per heavy atom. The minimum Gasteiger partial charge on any atom is -0.508 e. The highest BCUT2D eigenvalue weighted by Crippen LogP contribution is 2.37. The molecule has 0 spiro atoms. The van der Waals surface area contributed by atoms with E-state index in [1.54, 1.807) is 39.8 Å². The van der Waals surface area contributed by atoms with Gasteiger partial charge in [0.15, 0.2) is 0 Å². The lowest BCUT2D eigenvalue weighted by Crippen LogP contribution is -2.08. The van der Waals surface area contributed by atoms with Gasteiger partial charge in [-0.3, -0.25) is 0 Å². The zero-order valence-electron chi connectivity index (χ0n) is 12.4. The van der Waals surface area contributed by atoms with Gasteiger partial charge in [-0.1, -0.05) is 12.1 Å². The van der Waals surface area contributed by atoms with Crippen LogP contribution in [-0.2, 0) is 9.84 Å². The molecule has 0 saturated carbocycles. The molecule has 0 fully saturated rings.